The minimum absolute atomic E-state index is 0.276. The highest BCUT2D eigenvalue weighted by Gasteiger charge is 2.44. The molecule has 24 heavy (non-hydrogen) atoms. The van der Waals surface area contributed by atoms with Crippen LogP contribution in [0, 0.1) is 0 Å². The van der Waals surface area contributed by atoms with Gasteiger partial charge in [-0.2, -0.15) is 26.3 Å². The maximum absolute atomic E-state index is 13.1. The Labute approximate surface area is 133 Å². The van der Waals surface area contributed by atoms with Crippen LogP contribution in [0.15, 0.2) is 24.3 Å². The normalized spacial score (nSPS) is 16.7. The summed E-state index contributed by atoms with van der Waals surface area (Å²) in [7, 11) is 0. The lowest BCUT2D eigenvalue weighted by molar-refractivity contribution is -0.162. The number of benzene rings is 1. The number of rotatable bonds is 2. The summed E-state index contributed by atoms with van der Waals surface area (Å²) in [6.07, 6.45) is -8.75. The molecule has 3 nitrogen and oxygen atoms in total. The highest BCUT2D eigenvalue weighted by atomic mass is 19.4. The Morgan fingerprint density at radius 1 is 1.04 bits per heavy atom. The van der Waals surface area contributed by atoms with Gasteiger partial charge in [-0.15, -0.1) is 0 Å². The van der Waals surface area contributed by atoms with Crippen LogP contribution < -0.4 is 0 Å². The van der Waals surface area contributed by atoms with Crippen LogP contribution in [0.25, 0.3) is 6.08 Å². The molecule has 0 bridgehead atoms. The SMILES string of the molecule is O=C(/C=C/c1cccc(C(F)(F)F)c1C(F)(F)F)N1CCOCC1. The van der Waals surface area contributed by atoms with Crippen molar-refractivity contribution in [2.75, 3.05) is 26.3 Å². The molecule has 2 rings (SSSR count). The van der Waals surface area contributed by atoms with Gasteiger partial charge in [0.15, 0.2) is 0 Å². The number of hydrogen-bond acceptors (Lipinski definition) is 2. The van der Waals surface area contributed by atoms with E-state index in [2.05, 4.69) is 0 Å². The molecule has 1 heterocycles. The summed E-state index contributed by atoms with van der Waals surface area (Å²) in [6.45, 7) is 1.16. The fraction of sp³-hybridized carbons (Fsp3) is 0.400. The van der Waals surface area contributed by atoms with Gasteiger partial charge in [0.2, 0.25) is 5.91 Å². The van der Waals surface area contributed by atoms with Crippen molar-refractivity contribution in [2.45, 2.75) is 12.4 Å². The van der Waals surface area contributed by atoms with Crippen LogP contribution in [0.4, 0.5) is 26.3 Å². The molecular formula is C15H13F6NO2. The quantitative estimate of drug-likeness (QED) is 0.601. The molecule has 0 aliphatic carbocycles. The number of nitrogens with zero attached hydrogens (tertiary/aromatic N) is 1. The van der Waals surface area contributed by atoms with E-state index in [-0.39, 0.29) is 13.1 Å². The van der Waals surface area contributed by atoms with Crippen LogP contribution in [0.2, 0.25) is 0 Å². The molecule has 1 aromatic rings. The zero-order valence-corrected chi connectivity index (χ0v) is 12.2. The molecule has 0 radical (unpaired) electrons. The van der Waals surface area contributed by atoms with Gasteiger partial charge in [0, 0.05) is 19.2 Å². The first-order chi connectivity index (χ1) is 11.1. The molecule has 1 aliphatic rings. The summed E-state index contributed by atoms with van der Waals surface area (Å²) in [6, 6.07) is 2.13. The van der Waals surface area contributed by atoms with E-state index in [1.165, 1.54) is 4.90 Å². The van der Waals surface area contributed by atoms with Crippen molar-refractivity contribution in [1.82, 2.24) is 4.90 Å². The summed E-state index contributed by atoms with van der Waals surface area (Å²) >= 11 is 0. The fourth-order valence-corrected chi connectivity index (χ4v) is 2.31. The van der Waals surface area contributed by atoms with Crippen molar-refractivity contribution in [3.05, 3.63) is 41.0 Å². The number of ether oxygens (including phenoxy) is 1. The monoisotopic (exact) mass is 353 g/mol. The average Bonchev–Trinajstić information content (AvgIpc) is 2.51. The first-order valence-electron chi connectivity index (χ1n) is 6.93. The third-order valence-electron chi connectivity index (χ3n) is 3.41. The molecule has 1 aliphatic heterocycles. The molecule has 1 aromatic carbocycles. The Balaban J connectivity index is 2.36. The standard InChI is InChI=1S/C15H13F6NO2/c16-14(17,18)11-3-1-2-10(13(11)15(19,20)21)4-5-12(23)22-6-8-24-9-7-22/h1-5H,6-9H2/b5-4+. The van der Waals surface area contributed by atoms with Gasteiger partial charge in [-0.1, -0.05) is 12.1 Å². The molecule has 132 valence electrons. The number of amides is 1. The van der Waals surface area contributed by atoms with Crippen LogP contribution in [0.3, 0.4) is 0 Å². The number of halogens is 6. The molecule has 0 N–H and O–H groups in total. The Hall–Kier alpha value is -2.03. The fourth-order valence-electron chi connectivity index (χ4n) is 2.31. The van der Waals surface area contributed by atoms with Crippen molar-refractivity contribution in [1.29, 1.82) is 0 Å². The van der Waals surface area contributed by atoms with Crippen LogP contribution >= 0.6 is 0 Å². The molecule has 9 heteroatoms. The van der Waals surface area contributed by atoms with Gasteiger partial charge in [-0.05, 0) is 17.7 Å². The second kappa shape index (κ2) is 6.84. The molecule has 0 spiro atoms. The van der Waals surface area contributed by atoms with Crippen molar-refractivity contribution in [2.24, 2.45) is 0 Å². The smallest absolute Gasteiger partial charge is 0.378 e. The number of alkyl halides is 6. The zero-order valence-electron chi connectivity index (χ0n) is 12.2. The summed E-state index contributed by atoms with van der Waals surface area (Å²) < 4.78 is 82.8. The van der Waals surface area contributed by atoms with Crippen molar-refractivity contribution >= 4 is 12.0 Å². The maximum atomic E-state index is 13.1. The summed E-state index contributed by atoms with van der Waals surface area (Å²) in [4.78, 5) is 13.2. The molecule has 1 amide bonds. The second-order valence-electron chi connectivity index (χ2n) is 5.04. The minimum Gasteiger partial charge on any atom is -0.378 e. The van der Waals surface area contributed by atoms with E-state index >= 15 is 0 Å². The van der Waals surface area contributed by atoms with E-state index in [9.17, 15) is 31.1 Å². The Bertz CT molecular complexity index is 630. The van der Waals surface area contributed by atoms with Crippen molar-refractivity contribution in [3.63, 3.8) is 0 Å². The van der Waals surface area contributed by atoms with E-state index in [1.807, 2.05) is 0 Å². The van der Waals surface area contributed by atoms with Gasteiger partial charge in [0.05, 0.1) is 24.3 Å². The first-order valence-corrected chi connectivity index (χ1v) is 6.93. The third kappa shape index (κ3) is 4.28. The van der Waals surface area contributed by atoms with Gasteiger partial charge in [-0.3, -0.25) is 4.79 Å². The number of carbonyl (C=O) groups is 1. The van der Waals surface area contributed by atoms with Gasteiger partial charge < -0.3 is 9.64 Å². The Morgan fingerprint density at radius 3 is 2.21 bits per heavy atom. The Morgan fingerprint density at radius 2 is 1.67 bits per heavy atom. The topological polar surface area (TPSA) is 29.5 Å². The zero-order chi connectivity index (χ0) is 18.0. The van der Waals surface area contributed by atoms with E-state index in [1.54, 1.807) is 0 Å². The van der Waals surface area contributed by atoms with E-state index in [0.717, 1.165) is 24.3 Å². The van der Waals surface area contributed by atoms with Gasteiger partial charge in [-0.25, -0.2) is 0 Å². The highest BCUT2D eigenvalue weighted by Crippen LogP contribution is 2.42. The predicted molar refractivity (Wildman–Crippen MR) is 72.9 cm³/mol. The molecule has 0 saturated carbocycles. The molecule has 1 fully saturated rings. The summed E-state index contributed by atoms with van der Waals surface area (Å²) in [5.74, 6) is -0.580. The van der Waals surface area contributed by atoms with Crippen molar-refractivity contribution in [3.8, 4) is 0 Å². The number of hydrogen-bond donors (Lipinski definition) is 0. The van der Waals surface area contributed by atoms with Gasteiger partial charge in [0.1, 0.15) is 0 Å². The van der Waals surface area contributed by atoms with E-state index in [0.29, 0.717) is 19.3 Å². The van der Waals surface area contributed by atoms with Crippen LogP contribution in [0.5, 0.6) is 0 Å². The van der Waals surface area contributed by atoms with Gasteiger partial charge >= 0.3 is 12.4 Å². The average molecular weight is 353 g/mol. The highest BCUT2D eigenvalue weighted by molar-refractivity contribution is 5.92. The second-order valence-corrected chi connectivity index (χ2v) is 5.04. The third-order valence-corrected chi connectivity index (χ3v) is 3.41. The largest absolute Gasteiger partial charge is 0.417 e. The van der Waals surface area contributed by atoms with Gasteiger partial charge in [0.25, 0.3) is 0 Å². The first kappa shape index (κ1) is 18.3. The lowest BCUT2D eigenvalue weighted by Gasteiger charge is -2.25. The van der Waals surface area contributed by atoms with Crippen LogP contribution in [-0.4, -0.2) is 37.1 Å². The van der Waals surface area contributed by atoms with Crippen LogP contribution in [0.1, 0.15) is 16.7 Å². The lowest BCUT2D eigenvalue weighted by atomic mass is 9.99. The van der Waals surface area contributed by atoms with E-state index < -0.39 is 35.0 Å². The molecular weight excluding hydrogens is 340 g/mol. The minimum atomic E-state index is -5.20. The predicted octanol–water partition coefficient (Wildman–Crippen LogP) is 3.60. The van der Waals surface area contributed by atoms with Crippen LogP contribution in [-0.2, 0) is 21.9 Å². The maximum Gasteiger partial charge on any atom is 0.417 e. The number of carbonyl (C=O) groups excluding carboxylic acids is 1. The lowest BCUT2D eigenvalue weighted by Crippen LogP contribution is -2.39. The van der Waals surface area contributed by atoms with Crippen molar-refractivity contribution < 1.29 is 35.9 Å². The molecule has 1 saturated heterocycles. The molecule has 0 atom stereocenters. The number of morpholine rings is 1. The molecule has 0 aromatic heterocycles. The summed E-state index contributed by atoms with van der Waals surface area (Å²) in [5, 5.41) is 0. The Kier molecular flexibility index (Phi) is 5.22. The molecule has 0 unspecified atom stereocenters. The summed E-state index contributed by atoms with van der Waals surface area (Å²) in [5.41, 5.74) is -4.29. The van der Waals surface area contributed by atoms with E-state index in [4.69, 9.17) is 4.74 Å².